The molecule has 0 atom stereocenters. The summed E-state index contributed by atoms with van der Waals surface area (Å²) in [5.74, 6) is 0.229. The molecule has 2 amide bonds. The van der Waals surface area contributed by atoms with Gasteiger partial charge in [0.2, 0.25) is 11.8 Å². The number of halogens is 1. The number of anilines is 1. The van der Waals surface area contributed by atoms with Gasteiger partial charge in [0.25, 0.3) is 0 Å². The minimum absolute atomic E-state index is 0.121. The lowest BCUT2D eigenvalue weighted by Crippen LogP contribution is -2.41. The fourth-order valence-electron chi connectivity index (χ4n) is 2.04. The third-order valence-electron chi connectivity index (χ3n) is 3.31. The van der Waals surface area contributed by atoms with Gasteiger partial charge in [0.15, 0.2) is 0 Å². The maximum atomic E-state index is 12.1. The first kappa shape index (κ1) is 20.1. The van der Waals surface area contributed by atoms with E-state index in [0.29, 0.717) is 35.3 Å². The second-order valence-corrected chi connectivity index (χ2v) is 5.82. The van der Waals surface area contributed by atoms with Crippen LogP contribution >= 0.6 is 11.6 Å². The predicted molar refractivity (Wildman–Crippen MR) is 94.1 cm³/mol. The molecule has 24 heavy (non-hydrogen) atoms. The summed E-state index contributed by atoms with van der Waals surface area (Å²) in [5, 5.41) is 3.13. The van der Waals surface area contributed by atoms with Crippen molar-refractivity contribution < 1.29 is 19.1 Å². The molecule has 0 aliphatic carbocycles. The molecule has 0 heterocycles. The third-order valence-corrected chi connectivity index (χ3v) is 3.60. The monoisotopic (exact) mass is 357 g/mol. The lowest BCUT2D eigenvalue weighted by atomic mass is 10.2. The van der Waals surface area contributed by atoms with E-state index < -0.39 is 0 Å². The maximum Gasteiger partial charge on any atom is 0.240 e. The van der Waals surface area contributed by atoms with E-state index in [4.69, 9.17) is 21.1 Å². The Morgan fingerprint density at radius 1 is 1.17 bits per heavy atom. The predicted octanol–water partition coefficient (Wildman–Crippen LogP) is 1.39. The van der Waals surface area contributed by atoms with Crippen molar-refractivity contribution in [3.63, 3.8) is 0 Å². The molecular formula is C16H24ClN3O4. The zero-order valence-corrected chi connectivity index (χ0v) is 15.4. The first-order valence-corrected chi connectivity index (χ1v) is 7.79. The second kappa shape index (κ2) is 9.34. The molecule has 1 aromatic carbocycles. The molecule has 0 radical (unpaired) electrons. The van der Waals surface area contributed by atoms with Crippen LogP contribution in [0, 0.1) is 0 Å². The number of likely N-dealkylation sites (N-methyl/N-ethyl adjacent to an activating group) is 1. The molecule has 0 saturated heterocycles. The van der Waals surface area contributed by atoms with Crippen molar-refractivity contribution in [2.24, 2.45) is 0 Å². The van der Waals surface area contributed by atoms with E-state index in [1.54, 1.807) is 12.1 Å². The van der Waals surface area contributed by atoms with Crippen molar-refractivity contribution >= 4 is 29.1 Å². The lowest BCUT2D eigenvalue weighted by Gasteiger charge is -2.24. The van der Waals surface area contributed by atoms with E-state index in [0.717, 1.165) is 0 Å². The van der Waals surface area contributed by atoms with Crippen LogP contribution < -0.4 is 19.7 Å². The van der Waals surface area contributed by atoms with Crippen molar-refractivity contribution in [2.45, 2.75) is 6.92 Å². The van der Waals surface area contributed by atoms with Crippen LogP contribution in [0.15, 0.2) is 12.1 Å². The van der Waals surface area contributed by atoms with Gasteiger partial charge < -0.3 is 19.7 Å². The van der Waals surface area contributed by atoms with Crippen molar-refractivity contribution in [2.75, 3.05) is 52.8 Å². The Hall–Kier alpha value is -1.99. The molecule has 8 heteroatoms. The zero-order valence-electron chi connectivity index (χ0n) is 14.7. The molecule has 7 nitrogen and oxygen atoms in total. The number of ether oxygens (including phenoxy) is 2. The van der Waals surface area contributed by atoms with Crippen LogP contribution in [0.2, 0.25) is 5.02 Å². The van der Waals surface area contributed by atoms with Crippen molar-refractivity contribution in [3.8, 4) is 11.5 Å². The molecule has 0 spiro atoms. The number of nitrogens with one attached hydrogen (secondary N) is 1. The molecule has 0 aliphatic heterocycles. The summed E-state index contributed by atoms with van der Waals surface area (Å²) >= 11 is 6.08. The van der Waals surface area contributed by atoms with Gasteiger partial charge in [-0.15, -0.1) is 0 Å². The standard InChI is InChI=1S/C16H24ClN3O4/c1-11(21)20(10-16(22)18-6-7-19(2)3)13-9-14(23-4)12(17)8-15(13)24-5/h8-9H,6-7,10H2,1-5H3,(H,18,22). The number of rotatable bonds is 8. The highest BCUT2D eigenvalue weighted by molar-refractivity contribution is 6.32. The van der Waals surface area contributed by atoms with Gasteiger partial charge in [-0.1, -0.05) is 11.6 Å². The zero-order chi connectivity index (χ0) is 18.3. The van der Waals surface area contributed by atoms with Crippen LogP contribution in [0.1, 0.15) is 6.92 Å². The Kier molecular flexibility index (Phi) is 7.81. The molecule has 0 fully saturated rings. The van der Waals surface area contributed by atoms with Gasteiger partial charge in [0.05, 0.1) is 24.9 Å². The highest BCUT2D eigenvalue weighted by Gasteiger charge is 2.21. The van der Waals surface area contributed by atoms with Crippen LogP contribution in [-0.2, 0) is 9.59 Å². The average molecular weight is 358 g/mol. The Balaban J connectivity index is 3.00. The Labute approximate surface area is 147 Å². The number of amides is 2. The molecule has 1 rings (SSSR count). The lowest BCUT2D eigenvalue weighted by molar-refractivity contribution is -0.123. The van der Waals surface area contributed by atoms with Crippen LogP contribution in [-0.4, -0.2) is 64.7 Å². The minimum atomic E-state index is -0.291. The van der Waals surface area contributed by atoms with E-state index in [2.05, 4.69) is 5.32 Å². The first-order chi connectivity index (χ1) is 11.3. The van der Waals surface area contributed by atoms with Gasteiger partial charge in [-0.2, -0.15) is 0 Å². The molecular weight excluding hydrogens is 334 g/mol. The molecule has 1 N–H and O–H groups in total. The number of nitrogens with zero attached hydrogens (tertiary/aromatic N) is 2. The van der Waals surface area contributed by atoms with Gasteiger partial charge in [-0.25, -0.2) is 0 Å². The summed E-state index contributed by atoms with van der Waals surface area (Å²) < 4.78 is 10.5. The number of carbonyl (C=O) groups excluding carboxylic acids is 2. The first-order valence-electron chi connectivity index (χ1n) is 7.41. The molecule has 0 bridgehead atoms. The van der Waals surface area contributed by atoms with E-state index in [1.165, 1.54) is 26.0 Å². The normalized spacial score (nSPS) is 10.5. The molecule has 0 aliphatic rings. The van der Waals surface area contributed by atoms with E-state index in [9.17, 15) is 9.59 Å². The SMILES string of the molecule is COc1cc(N(CC(=O)NCCN(C)C)C(C)=O)c(OC)cc1Cl. The van der Waals surface area contributed by atoms with Crippen LogP contribution in [0.5, 0.6) is 11.5 Å². The van der Waals surface area contributed by atoms with Gasteiger partial charge in [0, 0.05) is 32.1 Å². The second-order valence-electron chi connectivity index (χ2n) is 5.42. The fraction of sp³-hybridized carbons (Fsp3) is 0.500. The van der Waals surface area contributed by atoms with Gasteiger partial charge in [-0.05, 0) is 14.1 Å². The number of carbonyl (C=O) groups is 2. The summed E-state index contributed by atoms with van der Waals surface area (Å²) in [6, 6.07) is 3.13. The highest BCUT2D eigenvalue weighted by atomic mass is 35.5. The van der Waals surface area contributed by atoms with E-state index >= 15 is 0 Å². The average Bonchev–Trinajstić information content (AvgIpc) is 2.51. The van der Waals surface area contributed by atoms with Crippen molar-refractivity contribution in [1.29, 1.82) is 0 Å². The molecule has 0 saturated carbocycles. The number of methoxy groups -OCH3 is 2. The largest absolute Gasteiger partial charge is 0.495 e. The van der Waals surface area contributed by atoms with E-state index in [-0.39, 0.29) is 18.4 Å². The Bertz CT molecular complexity index is 593. The van der Waals surface area contributed by atoms with Crippen molar-refractivity contribution in [1.82, 2.24) is 10.2 Å². The number of benzene rings is 1. The summed E-state index contributed by atoms with van der Waals surface area (Å²) in [6.45, 7) is 2.47. The van der Waals surface area contributed by atoms with Gasteiger partial charge in [-0.3, -0.25) is 14.5 Å². The smallest absolute Gasteiger partial charge is 0.240 e. The summed E-state index contributed by atoms with van der Waals surface area (Å²) in [7, 11) is 6.78. The maximum absolute atomic E-state index is 12.1. The van der Waals surface area contributed by atoms with E-state index in [1.807, 2.05) is 19.0 Å². The van der Waals surface area contributed by atoms with Crippen molar-refractivity contribution in [3.05, 3.63) is 17.2 Å². The molecule has 0 unspecified atom stereocenters. The molecule has 134 valence electrons. The number of hydrogen-bond acceptors (Lipinski definition) is 5. The van der Waals surface area contributed by atoms with Crippen LogP contribution in [0.25, 0.3) is 0 Å². The third kappa shape index (κ3) is 5.58. The summed E-state index contributed by atoms with van der Waals surface area (Å²) in [6.07, 6.45) is 0. The topological polar surface area (TPSA) is 71.1 Å². The summed E-state index contributed by atoms with van der Waals surface area (Å²) in [5.41, 5.74) is 0.425. The minimum Gasteiger partial charge on any atom is -0.495 e. The molecule has 1 aromatic rings. The van der Waals surface area contributed by atoms with Crippen LogP contribution in [0.3, 0.4) is 0 Å². The van der Waals surface area contributed by atoms with Gasteiger partial charge >= 0.3 is 0 Å². The van der Waals surface area contributed by atoms with Crippen LogP contribution in [0.4, 0.5) is 5.69 Å². The Morgan fingerprint density at radius 2 is 1.79 bits per heavy atom. The number of hydrogen-bond donors (Lipinski definition) is 1. The molecule has 0 aromatic heterocycles. The fourth-order valence-corrected chi connectivity index (χ4v) is 2.27. The Morgan fingerprint density at radius 3 is 2.29 bits per heavy atom. The van der Waals surface area contributed by atoms with Gasteiger partial charge in [0.1, 0.15) is 18.0 Å². The summed E-state index contributed by atoms with van der Waals surface area (Å²) in [4.78, 5) is 27.4. The quantitative estimate of drug-likeness (QED) is 0.761. The highest BCUT2D eigenvalue weighted by Crippen LogP contribution is 2.38.